The summed E-state index contributed by atoms with van der Waals surface area (Å²) in [6.07, 6.45) is 6.98. The van der Waals surface area contributed by atoms with Gasteiger partial charge in [0.1, 0.15) is 11.4 Å². The lowest BCUT2D eigenvalue weighted by Gasteiger charge is -2.28. The predicted molar refractivity (Wildman–Crippen MR) is 121 cm³/mol. The number of methoxy groups -OCH3 is 1. The molecule has 2 aromatic heterocycles. The van der Waals surface area contributed by atoms with Crippen LogP contribution in [0.3, 0.4) is 0 Å². The third kappa shape index (κ3) is 5.93. The van der Waals surface area contributed by atoms with Gasteiger partial charge in [0, 0.05) is 7.05 Å². The Labute approximate surface area is 184 Å². The first-order valence-corrected chi connectivity index (χ1v) is 14.1. The third-order valence-corrected chi connectivity index (χ3v) is 6.10. The second kappa shape index (κ2) is 9.63. The molecule has 0 radical (unpaired) electrons. The first-order chi connectivity index (χ1) is 14.7. The summed E-state index contributed by atoms with van der Waals surface area (Å²) in [5.41, 5.74) is 3.02. The summed E-state index contributed by atoms with van der Waals surface area (Å²) >= 11 is 0. The molecule has 1 fully saturated rings. The van der Waals surface area contributed by atoms with Crippen LogP contribution in [0.1, 0.15) is 37.1 Å². The van der Waals surface area contributed by atoms with Gasteiger partial charge in [0.05, 0.1) is 42.5 Å². The zero-order valence-corrected chi connectivity index (χ0v) is 20.2. The minimum atomic E-state index is -1.66. The highest BCUT2D eigenvalue weighted by atomic mass is 28.4. The van der Waals surface area contributed by atoms with Crippen molar-refractivity contribution in [3.8, 4) is 17.1 Å². The second-order valence-corrected chi connectivity index (χ2v) is 13.3. The van der Waals surface area contributed by atoms with Crippen LogP contribution in [0, 0.1) is 12.8 Å². The molecule has 0 spiro atoms. The molecule has 0 saturated heterocycles. The lowest BCUT2D eigenvalue weighted by Crippen LogP contribution is -2.30. The number of ether oxygens (including phenoxy) is 2. The number of carbonyl (C=O) groups excluding carboxylic acids is 1. The van der Waals surface area contributed by atoms with E-state index in [1.807, 2.05) is 32.2 Å². The molecule has 1 saturated carbocycles. The maximum atomic E-state index is 11.9. The maximum Gasteiger partial charge on any atom is 0.308 e. The molecule has 0 aromatic carbocycles. The molecular weight excluding hydrogens is 412 g/mol. The number of hydrogen-bond acceptors (Lipinski definition) is 7. The molecule has 31 heavy (non-hydrogen) atoms. The van der Waals surface area contributed by atoms with Crippen LogP contribution in [0.25, 0.3) is 17.5 Å². The highest BCUT2D eigenvalue weighted by Gasteiger charge is 2.29. The van der Waals surface area contributed by atoms with Gasteiger partial charge < -0.3 is 13.9 Å². The van der Waals surface area contributed by atoms with Crippen molar-refractivity contribution in [3.63, 3.8) is 0 Å². The van der Waals surface area contributed by atoms with Gasteiger partial charge in [-0.3, -0.25) is 4.79 Å². The van der Waals surface area contributed by atoms with E-state index in [9.17, 15) is 4.79 Å². The highest BCUT2D eigenvalue weighted by molar-refractivity contribution is 6.69. The fraction of sp³-hybridized carbons (Fsp3) is 0.545. The van der Waals surface area contributed by atoms with Crippen molar-refractivity contribution in [1.82, 2.24) is 20.0 Å². The Kier molecular flexibility index (Phi) is 7.14. The quantitative estimate of drug-likeness (QED) is 0.360. The van der Waals surface area contributed by atoms with E-state index in [2.05, 4.69) is 30.0 Å². The number of hydrogen-bond donors (Lipinski definition) is 0. The number of carbonyl (C=O) groups is 1. The molecule has 0 aliphatic heterocycles. The first-order valence-electron chi connectivity index (χ1n) is 10.6. The second-order valence-electron chi connectivity index (χ2n) is 8.89. The summed E-state index contributed by atoms with van der Waals surface area (Å²) < 4.78 is 18.6. The molecule has 0 N–H and O–H groups in total. The Hall–Kier alpha value is -2.68. The first kappa shape index (κ1) is 23.0. The summed E-state index contributed by atoms with van der Waals surface area (Å²) in [4.78, 5) is 16.6. The highest BCUT2D eigenvalue weighted by Crippen LogP contribution is 2.31. The number of esters is 1. The lowest BCUT2D eigenvalue weighted by atomic mass is 9.87. The molecule has 9 heteroatoms. The van der Waals surface area contributed by atoms with Crippen molar-refractivity contribution >= 4 is 20.4 Å². The van der Waals surface area contributed by atoms with Crippen LogP contribution >= 0.6 is 0 Å². The number of rotatable bonds is 7. The zero-order chi connectivity index (χ0) is 22.6. The summed E-state index contributed by atoms with van der Waals surface area (Å²) in [7, 11) is 1.62. The zero-order valence-electron chi connectivity index (χ0n) is 19.2. The lowest BCUT2D eigenvalue weighted by molar-refractivity contribution is -0.147. The van der Waals surface area contributed by atoms with Gasteiger partial charge in [-0.05, 0) is 70.5 Å². The van der Waals surface area contributed by atoms with Gasteiger partial charge in [0.2, 0.25) is 8.32 Å². The van der Waals surface area contributed by atoms with Crippen LogP contribution in [0.2, 0.25) is 19.6 Å². The SMILES string of the molecule is COC(=O)[C@H]1CCC[C@H](Oc2ccc(-c3nnn(C)c3/C=C/O[Si](C)(C)C)nc2C)C1. The molecular formula is C22H32N4O4Si. The van der Waals surface area contributed by atoms with Gasteiger partial charge >= 0.3 is 5.97 Å². The van der Waals surface area contributed by atoms with Crippen molar-refractivity contribution in [2.75, 3.05) is 7.11 Å². The number of aromatic nitrogens is 4. The molecule has 3 rings (SSSR count). The molecule has 2 heterocycles. The van der Waals surface area contributed by atoms with Gasteiger partial charge in [0.15, 0.2) is 0 Å². The topological polar surface area (TPSA) is 88.4 Å². The Bertz CT molecular complexity index is 951. The number of aryl methyl sites for hydroxylation is 2. The van der Waals surface area contributed by atoms with E-state index in [1.54, 1.807) is 10.9 Å². The molecule has 0 bridgehead atoms. The minimum Gasteiger partial charge on any atom is -0.550 e. The van der Waals surface area contributed by atoms with Crippen LogP contribution in [-0.2, 0) is 21.0 Å². The number of nitrogens with zero attached hydrogens (tertiary/aromatic N) is 4. The largest absolute Gasteiger partial charge is 0.550 e. The molecule has 0 amide bonds. The van der Waals surface area contributed by atoms with E-state index in [0.717, 1.165) is 42.1 Å². The number of pyridine rings is 1. The normalized spacial score (nSPS) is 19.4. The Balaban J connectivity index is 1.75. The van der Waals surface area contributed by atoms with E-state index < -0.39 is 8.32 Å². The average Bonchev–Trinajstić information content (AvgIpc) is 3.08. The van der Waals surface area contributed by atoms with Crippen molar-refractivity contribution in [2.24, 2.45) is 13.0 Å². The summed E-state index contributed by atoms with van der Waals surface area (Å²) in [6.45, 7) is 8.30. The molecule has 168 valence electrons. The predicted octanol–water partition coefficient (Wildman–Crippen LogP) is 4.12. The maximum absolute atomic E-state index is 11.9. The van der Waals surface area contributed by atoms with Crippen LogP contribution < -0.4 is 4.74 Å². The van der Waals surface area contributed by atoms with Crippen molar-refractivity contribution in [1.29, 1.82) is 0 Å². The fourth-order valence-electron chi connectivity index (χ4n) is 3.65. The molecule has 0 unspecified atom stereocenters. The van der Waals surface area contributed by atoms with E-state index in [-0.39, 0.29) is 18.0 Å². The molecule has 1 aliphatic carbocycles. The minimum absolute atomic E-state index is 0.0158. The van der Waals surface area contributed by atoms with Crippen LogP contribution in [-0.4, -0.2) is 47.5 Å². The Morgan fingerprint density at radius 1 is 1.26 bits per heavy atom. The smallest absolute Gasteiger partial charge is 0.308 e. The standard InChI is InChI=1S/C22H32N4O4Si/c1-15-20(30-17-9-7-8-16(14-17)22(27)28-3)11-10-18(23-15)21-19(26(2)25-24-21)12-13-29-31(4,5)6/h10-13,16-17H,7-9,14H2,1-6H3/b13-12+/t16-,17-/m0/s1. The summed E-state index contributed by atoms with van der Waals surface area (Å²) in [5, 5.41) is 8.43. The van der Waals surface area contributed by atoms with E-state index in [1.165, 1.54) is 7.11 Å². The monoisotopic (exact) mass is 444 g/mol. The van der Waals surface area contributed by atoms with Gasteiger partial charge in [-0.1, -0.05) is 5.21 Å². The van der Waals surface area contributed by atoms with Gasteiger partial charge in [-0.15, -0.1) is 5.10 Å². The average molecular weight is 445 g/mol. The van der Waals surface area contributed by atoms with Crippen LogP contribution in [0.15, 0.2) is 18.4 Å². The molecule has 2 atom stereocenters. The molecule has 8 nitrogen and oxygen atoms in total. The van der Waals surface area contributed by atoms with E-state index in [4.69, 9.17) is 18.9 Å². The van der Waals surface area contributed by atoms with Crippen LogP contribution in [0.4, 0.5) is 0 Å². The van der Waals surface area contributed by atoms with Crippen LogP contribution in [0.5, 0.6) is 5.75 Å². The Morgan fingerprint density at radius 3 is 2.71 bits per heavy atom. The fourth-order valence-corrected chi connectivity index (χ4v) is 4.13. The van der Waals surface area contributed by atoms with Crippen molar-refractivity contribution in [2.45, 2.75) is 58.4 Å². The van der Waals surface area contributed by atoms with E-state index >= 15 is 0 Å². The van der Waals surface area contributed by atoms with Crippen molar-refractivity contribution < 1.29 is 18.7 Å². The molecule has 2 aromatic rings. The molecule has 1 aliphatic rings. The van der Waals surface area contributed by atoms with Gasteiger partial charge in [0.25, 0.3) is 0 Å². The third-order valence-electron chi connectivity index (χ3n) is 5.25. The van der Waals surface area contributed by atoms with Gasteiger partial charge in [-0.25, -0.2) is 9.67 Å². The summed E-state index contributed by atoms with van der Waals surface area (Å²) in [6, 6.07) is 3.81. The van der Waals surface area contributed by atoms with E-state index in [0.29, 0.717) is 12.1 Å². The van der Waals surface area contributed by atoms with Gasteiger partial charge in [-0.2, -0.15) is 0 Å². The van der Waals surface area contributed by atoms with Crippen molar-refractivity contribution in [3.05, 3.63) is 29.8 Å². The summed E-state index contributed by atoms with van der Waals surface area (Å²) in [5.74, 6) is 0.478. The Morgan fingerprint density at radius 2 is 2.03 bits per heavy atom.